The van der Waals surface area contributed by atoms with Crippen LogP contribution in [0.4, 0.5) is 0 Å². The molecule has 3 unspecified atom stereocenters. The number of carbonyl (C=O) groups is 4. The number of nitrogens with zero attached hydrogens (tertiary/aromatic N) is 2. The molecule has 0 saturated carbocycles. The molecule has 7 heteroatoms. The van der Waals surface area contributed by atoms with Crippen LogP contribution in [-0.2, 0) is 19.2 Å². The molecule has 2 heterocycles. The van der Waals surface area contributed by atoms with Crippen LogP contribution >= 0.6 is 0 Å². The summed E-state index contributed by atoms with van der Waals surface area (Å²) in [6.07, 6.45) is 6.90. The summed E-state index contributed by atoms with van der Waals surface area (Å²) in [5.74, 6) is -1.01. The summed E-state index contributed by atoms with van der Waals surface area (Å²) in [7, 11) is 0. The highest BCUT2D eigenvalue weighted by molar-refractivity contribution is 6.08. The molecule has 2 fully saturated rings. The van der Waals surface area contributed by atoms with Gasteiger partial charge in [-0.15, -0.1) is 0 Å². The molecule has 2 saturated heterocycles. The van der Waals surface area contributed by atoms with E-state index in [1.165, 1.54) is 4.90 Å². The first kappa shape index (κ1) is 22.5. The van der Waals surface area contributed by atoms with Crippen molar-refractivity contribution in [2.75, 3.05) is 13.1 Å². The molecule has 0 aromatic carbocycles. The second-order valence-electron chi connectivity index (χ2n) is 9.61. The van der Waals surface area contributed by atoms with Gasteiger partial charge in [0.05, 0.1) is 11.8 Å². The number of rotatable bonds is 6. The van der Waals surface area contributed by atoms with Gasteiger partial charge in [0.2, 0.25) is 23.6 Å². The summed E-state index contributed by atoms with van der Waals surface area (Å²) in [6, 6.07) is -0.800. The maximum Gasteiger partial charge on any atom is 0.243 e. The zero-order chi connectivity index (χ0) is 22.0. The molecule has 1 aliphatic carbocycles. The molecule has 0 aromatic heterocycles. The Labute approximate surface area is 179 Å². The van der Waals surface area contributed by atoms with Crippen molar-refractivity contribution < 1.29 is 19.2 Å². The first-order valence-corrected chi connectivity index (χ1v) is 11.3. The summed E-state index contributed by atoms with van der Waals surface area (Å²) >= 11 is 0. The fraction of sp³-hybridized carbons (Fsp3) is 0.739. The van der Waals surface area contributed by atoms with Crippen LogP contribution in [0.1, 0.15) is 59.8 Å². The molecule has 0 spiro atoms. The van der Waals surface area contributed by atoms with Gasteiger partial charge in [0.15, 0.2) is 0 Å². The van der Waals surface area contributed by atoms with Crippen LogP contribution in [0.3, 0.4) is 0 Å². The van der Waals surface area contributed by atoms with Crippen LogP contribution in [0, 0.1) is 23.7 Å². The molecule has 166 valence electrons. The normalized spacial score (nSPS) is 25.8. The van der Waals surface area contributed by atoms with E-state index in [4.69, 9.17) is 0 Å². The minimum atomic E-state index is -0.758. The molecule has 3 aliphatic rings. The fourth-order valence-corrected chi connectivity index (χ4v) is 4.82. The zero-order valence-electron chi connectivity index (χ0n) is 18.6. The van der Waals surface area contributed by atoms with Crippen molar-refractivity contribution in [3.63, 3.8) is 0 Å². The largest absolute Gasteiger partial charge is 0.351 e. The lowest BCUT2D eigenvalue weighted by molar-refractivity contribution is -0.149. The summed E-state index contributed by atoms with van der Waals surface area (Å²) in [6.45, 7) is 9.02. The van der Waals surface area contributed by atoms with Crippen LogP contribution in [0.2, 0.25) is 0 Å². The molecular formula is C23H35N3O4. The quantitative estimate of drug-likeness (QED) is 0.530. The first-order chi connectivity index (χ1) is 14.2. The van der Waals surface area contributed by atoms with Gasteiger partial charge in [-0.1, -0.05) is 39.8 Å². The van der Waals surface area contributed by atoms with Gasteiger partial charge in [-0.3, -0.25) is 24.1 Å². The lowest BCUT2D eigenvalue weighted by Gasteiger charge is -2.35. The lowest BCUT2D eigenvalue weighted by Crippen LogP contribution is -2.54. The second-order valence-corrected chi connectivity index (χ2v) is 9.61. The second kappa shape index (κ2) is 9.31. The Morgan fingerprint density at radius 1 is 1.00 bits per heavy atom. The predicted molar refractivity (Wildman–Crippen MR) is 113 cm³/mol. The van der Waals surface area contributed by atoms with Crippen molar-refractivity contribution in [2.45, 2.75) is 71.9 Å². The predicted octanol–water partition coefficient (Wildman–Crippen LogP) is 2.12. The standard InChI is InChI=1S/C23H35N3O4/c1-14(2)13-19(26-22(29)17-7-5-6-8-18(17)23(26)30)20(27)24-16-9-11-25(12-10-16)21(28)15(3)4/h5-6,14-19H,7-13H2,1-4H3,(H,24,27). The minimum Gasteiger partial charge on any atom is -0.351 e. The van der Waals surface area contributed by atoms with Crippen LogP contribution in [0.25, 0.3) is 0 Å². The first-order valence-electron chi connectivity index (χ1n) is 11.3. The van der Waals surface area contributed by atoms with Crippen molar-refractivity contribution in [3.05, 3.63) is 12.2 Å². The maximum atomic E-state index is 13.2. The van der Waals surface area contributed by atoms with E-state index in [-0.39, 0.29) is 53.3 Å². The van der Waals surface area contributed by atoms with Crippen molar-refractivity contribution >= 4 is 23.6 Å². The van der Waals surface area contributed by atoms with Gasteiger partial charge in [-0.25, -0.2) is 0 Å². The van der Waals surface area contributed by atoms with Crippen molar-refractivity contribution in [2.24, 2.45) is 23.7 Å². The van der Waals surface area contributed by atoms with Crippen molar-refractivity contribution in [1.29, 1.82) is 0 Å². The van der Waals surface area contributed by atoms with Crippen LogP contribution in [-0.4, -0.2) is 58.6 Å². The van der Waals surface area contributed by atoms with E-state index in [9.17, 15) is 19.2 Å². The third kappa shape index (κ3) is 4.60. The number of nitrogens with one attached hydrogen (secondary N) is 1. The van der Waals surface area contributed by atoms with Gasteiger partial charge < -0.3 is 10.2 Å². The van der Waals surface area contributed by atoms with Gasteiger partial charge in [0.25, 0.3) is 0 Å². The van der Waals surface area contributed by atoms with E-state index in [1.807, 2.05) is 44.7 Å². The molecule has 0 bridgehead atoms. The van der Waals surface area contributed by atoms with Crippen LogP contribution in [0.15, 0.2) is 12.2 Å². The van der Waals surface area contributed by atoms with Gasteiger partial charge in [-0.2, -0.15) is 0 Å². The molecule has 30 heavy (non-hydrogen) atoms. The monoisotopic (exact) mass is 417 g/mol. The van der Waals surface area contributed by atoms with E-state index < -0.39 is 6.04 Å². The number of imide groups is 1. The molecule has 0 radical (unpaired) electrons. The fourth-order valence-electron chi connectivity index (χ4n) is 4.82. The number of hydrogen-bond acceptors (Lipinski definition) is 4. The Balaban J connectivity index is 1.66. The minimum absolute atomic E-state index is 0.0308. The zero-order valence-corrected chi connectivity index (χ0v) is 18.6. The van der Waals surface area contributed by atoms with Crippen LogP contribution in [0.5, 0.6) is 0 Å². The molecule has 0 aromatic rings. The maximum absolute atomic E-state index is 13.2. The average Bonchev–Trinajstić information content (AvgIpc) is 2.96. The number of hydrogen-bond donors (Lipinski definition) is 1. The van der Waals surface area contributed by atoms with Gasteiger partial charge in [-0.05, 0) is 38.0 Å². The van der Waals surface area contributed by atoms with E-state index in [0.29, 0.717) is 45.2 Å². The smallest absolute Gasteiger partial charge is 0.243 e. The van der Waals surface area contributed by atoms with Crippen LogP contribution < -0.4 is 5.32 Å². The highest BCUT2D eigenvalue weighted by atomic mass is 16.2. The number of likely N-dealkylation sites (tertiary alicyclic amines) is 2. The van der Waals surface area contributed by atoms with Crippen molar-refractivity contribution in [1.82, 2.24) is 15.1 Å². The number of carbonyl (C=O) groups excluding carboxylic acids is 4. The highest BCUT2D eigenvalue weighted by Gasteiger charge is 2.51. The Morgan fingerprint density at radius 3 is 2.00 bits per heavy atom. The molecule has 2 aliphatic heterocycles. The Morgan fingerprint density at radius 2 is 1.53 bits per heavy atom. The van der Waals surface area contributed by atoms with E-state index >= 15 is 0 Å². The number of amides is 4. The third-order valence-corrected chi connectivity index (χ3v) is 6.50. The lowest BCUT2D eigenvalue weighted by atomic mass is 9.85. The molecule has 1 N–H and O–H groups in total. The molecule has 7 nitrogen and oxygen atoms in total. The Kier molecular flexibility index (Phi) is 6.98. The number of piperidine rings is 1. The summed E-state index contributed by atoms with van der Waals surface area (Å²) in [5.41, 5.74) is 0. The third-order valence-electron chi connectivity index (χ3n) is 6.50. The van der Waals surface area contributed by atoms with E-state index in [2.05, 4.69) is 5.32 Å². The Bertz CT molecular complexity index is 696. The van der Waals surface area contributed by atoms with Gasteiger partial charge in [0.1, 0.15) is 6.04 Å². The molecule has 4 amide bonds. The van der Waals surface area contributed by atoms with Crippen molar-refractivity contribution in [3.8, 4) is 0 Å². The highest BCUT2D eigenvalue weighted by Crippen LogP contribution is 2.37. The number of fused-ring (bicyclic) bond motifs is 1. The topological polar surface area (TPSA) is 86.8 Å². The Hall–Kier alpha value is -2.18. The summed E-state index contributed by atoms with van der Waals surface area (Å²) < 4.78 is 0. The van der Waals surface area contributed by atoms with Gasteiger partial charge >= 0.3 is 0 Å². The SMILES string of the molecule is CC(C)CC(C(=O)NC1CCN(C(=O)C(C)C)CC1)N1C(=O)C2CC=CCC2C1=O. The molecule has 3 atom stereocenters. The molecular weight excluding hydrogens is 382 g/mol. The van der Waals surface area contributed by atoms with E-state index in [1.54, 1.807) is 0 Å². The summed E-state index contributed by atoms with van der Waals surface area (Å²) in [4.78, 5) is 54.5. The van der Waals surface area contributed by atoms with Gasteiger partial charge in [0, 0.05) is 25.0 Å². The van der Waals surface area contributed by atoms with E-state index in [0.717, 1.165) is 0 Å². The summed E-state index contributed by atoms with van der Waals surface area (Å²) in [5, 5.41) is 3.07. The number of allylic oxidation sites excluding steroid dienone is 2. The molecule has 3 rings (SSSR count). The average molecular weight is 418 g/mol.